The predicted molar refractivity (Wildman–Crippen MR) is 112 cm³/mol. The number of aromatic nitrogens is 3. The fraction of sp³-hybridized carbons (Fsp3) is 0.263. The maximum atomic E-state index is 6.20. The van der Waals surface area contributed by atoms with E-state index in [1.54, 1.807) is 17.8 Å². The van der Waals surface area contributed by atoms with Gasteiger partial charge in [0.1, 0.15) is 12.4 Å². The van der Waals surface area contributed by atoms with E-state index in [0.717, 1.165) is 44.2 Å². The van der Waals surface area contributed by atoms with Crippen LogP contribution >= 0.6 is 46.6 Å². The first-order valence-electron chi connectivity index (χ1n) is 8.19. The van der Waals surface area contributed by atoms with Crippen LogP contribution in [0, 0.1) is 13.8 Å². The lowest BCUT2D eigenvalue weighted by atomic mass is 10.1. The fourth-order valence-corrected chi connectivity index (χ4v) is 3.81. The molecule has 3 rings (SSSR count). The molecule has 0 saturated heterocycles. The summed E-state index contributed by atoms with van der Waals surface area (Å²) in [5.41, 5.74) is 3.05. The van der Waals surface area contributed by atoms with Crippen molar-refractivity contribution in [3.05, 3.63) is 67.9 Å². The van der Waals surface area contributed by atoms with E-state index in [-0.39, 0.29) is 0 Å². The summed E-state index contributed by atoms with van der Waals surface area (Å²) in [4.78, 5) is 0. The first-order valence-corrected chi connectivity index (χ1v) is 10.3. The third-order valence-electron chi connectivity index (χ3n) is 4.05. The van der Waals surface area contributed by atoms with Crippen LogP contribution in [0.2, 0.25) is 15.1 Å². The maximum absolute atomic E-state index is 6.20. The molecule has 0 bridgehead atoms. The molecule has 0 aliphatic rings. The molecule has 0 radical (unpaired) electrons. The first-order chi connectivity index (χ1) is 12.8. The third kappa shape index (κ3) is 4.91. The van der Waals surface area contributed by atoms with E-state index in [1.165, 1.54) is 0 Å². The largest absolute Gasteiger partial charge is 0.486 e. The Morgan fingerprint density at radius 2 is 1.70 bits per heavy atom. The van der Waals surface area contributed by atoms with E-state index in [9.17, 15) is 0 Å². The van der Waals surface area contributed by atoms with E-state index in [2.05, 4.69) is 10.2 Å². The van der Waals surface area contributed by atoms with Crippen molar-refractivity contribution in [1.82, 2.24) is 14.8 Å². The molecule has 0 amide bonds. The van der Waals surface area contributed by atoms with Crippen LogP contribution in [0.4, 0.5) is 0 Å². The van der Waals surface area contributed by atoms with Gasteiger partial charge in [-0.25, -0.2) is 0 Å². The van der Waals surface area contributed by atoms with Crippen LogP contribution in [-0.2, 0) is 19.4 Å². The third-order valence-corrected chi connectivity index (χ3v) is 6.48. The summed E-state index contributed by atoms with van der Waals surface area (Å²) in [6.07, 6.45) is 0. The highest BCUT2D eigenvalue weighted by Crippen LogP contribution is 2.28. The average molecular weight is 443 g/mol. The molecule has 0 unspecified atom stereocenters. The summed E-state index contributed by atoms with van der Waals surface area (Å²) in [6.45, 7) is 4.25. The van der Waals surface area contributed by atoms with Crippen molar-refractivity contribution in [2.45, 2.75) is 31.4 Å². The molecular formula is C19H18Cl3N3OS. The quantitative estimate of drug-likeness (QED) is 0.422. The zero-order chi connectivity index (χ0) is 19.6. The number of hydrogen-bond donors (Lipinski definition) is 0. The monoisotopic (exact) mass is 441 g/mol. The Balaban J connectivity index is 1.64. The number of ether oxygens (including phenoxy) is 1. The summed E-state index contributed by atoms with van der Waals surface area (Å²) in [5, 5.41) is 11.2. The molecule has 2 aromatic carbocycles. The van der Waals surface area contributed by atoms with E-state index >= 15 is 0 Å². The molecule has 1 aromatic heterocycles. The fourth-order valence-electron chi connectivity index (χ4n) is 2.51. The number of nitrogens with zero attached hydrogens (tertiary/aromatic N) is 3. The molecule has 0 aliphatic heterocycles. The van der Waals surface area contributed by atoms with Gasteiger partial charge in [-0.05, 0) is 54.8 Å². The molecule has 0 saturated carbocycles. The molecule has 27 heavy (non-hydrogen) atoms. The number of benzene rings is 2. The molecule has 0 spiro atoms. The smallest absolute Gasteiger partial charge is 0.191 e. The second-order valence-corrected chi connectivity index (χ2v) is 8.29. The number of aryl methyl sites for hydroxylation is 2. The lowest BCUT2D eigenvalue weighted by Crippen LogP contribution is -2.04. The van der Waals surface area contributed by atoms with Gasteiger partial charge in [0.15, 0.2) is 11.0 Å². The van der Waals surface area contributed by atoms with Crippen molar-refractivity contribution in [3.63, 3.8) is 0 Å². The first kappa shape index (κ1) is 20.3. The standard InChI is InChI=1S/C19H18Cl3N3OS/c1-11-6-14(7-12(2)18(11)22)26-9-17-23-24-19(25(17)3)27-10-13-4-5-15(20)16(21)8-13/h4-8H,9-10H2,1-3H3. The number of halogens is 3. The predicted octanol–water partition coefficient (Wildman–Crippen LogP) is 6.26. The van der Waals surface area contributed by atoms with Crippen LogP contribution in [0.3, 0.4) is 0 Å². The van der Waals surface area contributed by atoms with Crippen molar-refractivity contribution in [1.29, 1.82) is 0 Å². The summed E-state index contributed by atoms with van der Waals surface area (Å²) in [6, 6.07) is 9.46. The Morgan fingerprint density at radius 1 is 1.00 bits per heavy atom. The molecule has 0 N–H and O–H groups in total. The number of thioether (sulfide) groups is 1. The van der Waals surface area contributed by atoms with E-state index in [4.69, 9.17) is 39.5 Å². The Kier molecular flexibility index (Phi) is 6.58. The highest BCUT2D eigenvalue weighted by Gasteiger charge is 2.11. The average Bonchev–Trinajstić information content (AvgIpc) is 2.98. The lowest BCUT2D eigenvalue weighted by molar-refractivity contribution is 0.290. The van der Waals surface area contributed by atoms with E-state index in [1.807, 2.05) is 49.7 Å². The van der Waals surface area contributed by atoms with Crippen LogP contribution in [0.25, 0.3) is 0 Å². The summed E-state index contributed by atoms with van der Waals surface area (Å²) in [7, 11) is 1.92. The van der Waals surface area contributed by atoms with Gasteiger partial charge < -0.3 is 9.30 Å². The highest BCUT2D eigenvalue weighted by atomic mass is 35.5. The molecule has 4 nitrogen and oxygen atoms in total. The van der Waals surface area contributed by atoms with Gasteiger partial charge >= 0.3 is 0 Å². The minimum absolute atomic E-state index is 0.331. The molecule has 142 valence electrons. The molecule has 1 heterocycles. The second-order valence-electron chi connectivity index (χ2n) is 6.15. The Labute approximate surface area is 177 Å². The van der Waals surface area contributed by atoms with E-state index < -0.39 is 0 Å². The summed E-state index contributed by atoms with van der Waals surface area (Å²) in [5.74, 6) is 2.23. The van der Waals surface area contributed by atoms with Gasteiger partial charge in [-0.1, -0.05) is 52.6 Å². The number of rotatable bonds is 6. The van der Waals surface area contributed by atoms with Crippen molar-refractivity contribution in [3.8, 4) is 5.75 Å². The van der Waals surface area contributed by atoms with Crippen LogP contribution in [0.5, 0.6) is 5.75 Å². The highest BCUT2D eigenvalue weighted by molar-refractivity contribution is 7.98. The molecule has 0 fully saturated rings. The zero-order valence-electron chi connectivity index (χ0n) is 15.1. The minimum atomic E-state index is 0.331. The van der Waals surface area contributed by atoms with Crippen LogP contribution < -0.4 is 4.74 Å². The van der Waals surface area contributed by atoms with Gasteiger partial charge in [0.05, 0.1) is 10.0 Å². The van der Waals surface area contributed by atoms with Crippen LogP contribution in [0.15, 0.2) is 35.5 Å². The van der Waals surface area contributed by atoms with Gasteiger partial charge in [-0.15, -0.1) is 10.2 Å². The zero-order valence-corrected chi connectivity index (χ0v) is 18.2. The summed E-state index contributed by atoms with van der Waals surface area (Å²) < 4.78 is 7.80. The normalized spacial score (nSPS) is 11.0. The Bertz CT molecular complexity index is 952. The Morgan fingerprint density at radius 3 is 2.37 bits per heavy atom. The number of hydrogen-bond acceptors (Lipinski definition) is 4. The second kappa shape index (κ2) is 8.74. The van der Waals surface area contributed by atoms with Crippen molar-refractivity contribution < 1.29 is 4.74 Å². The maximum Gasteiger partial charge on any atom is 0.191 e. The molecule has 0 aliphatic carbocycles. The topological polar surface area (TPSA) is 39.9 Å². The van der Waals surface area contributed by atoms with Gasteiger partial charge in [0.25, 0.3) is 0 Å². The van der Waals surface area contributed by atoms with Crippen LogP contribution in [-0.4, -0.2) is 14.8 Å². The lowest BCUT2D eigenvalue weighted by Gasteiger charge is -2.10. The van der Waals surface area contributed by atoms with Gasteiger partial charge in [-0.3, -0.25) is 0 Å². The van der Waals surface area contributed by atoms with Crippen molar-refractivity contribution in [2.24, 2.45) is 7.05 Å². The van der Waals surface area contributed by atoms with Gasteiger partial charge in [0.2, 0.25) is 0 Å². The minimum Gasteiger partial charge on any atom is -0.486 e. The van der Waals surface area contributed by atoms with Gasteiger partial charge in [0, 0.05) is 17.8 Å². The molecule has 8 heteroatoms. The van der Waals surface area contributed by atoms with Crippen molar-refractivity contribution in [2.75, 3.05) is 0 Å². The molecular weight excluding hydrogens is 425 g/mol. The van der Waals surface area contributed by atoms with E-state index in [0.29, 0.717) is 16.7 Å². The van der Waals surface area contributed by atoms with Crippen molar-refractivity contribution >= 4 is 46.6 Å². The van der Waals surface area contributed by atoms with Gasteiger partial charge in [-0.2, -0.15) is 0 Å². The van der Waals surface area contributed by atoms with Crippen LogP contribution in [0.1, 0.15) is 22.5 Å². The Hall–Kier alpha value is -1.40. The molecule has 3 aromatic rings. The SMILES string of the molecule is Cc1cc(OCc2nnc(SCc3ccc(Cl)c(Cl)c3)n2C)cc(C)c1Cl. The summed E-state index contributed by atoms with van der Waals surface area (Å²) >= 11 is 19.8. The molecule has 0 atom stereocenters.